The second kappa shape index (κ2) is 5.79. The van der Waals surface area contributed by atoms with E-state index in [-0.39, 0.29) is 11.8 Å². The molecule has 3 rings (SSSR count). The number of halogens is 1. The van der Waals surface area contributed by atoms with Gasteiger partial charge in [0.2, 0.25) is 6.79 Å². The lowest BCUT2D eigenvalue weighted by Crippen LogP contribution is -2.11. The summed E-state index contributed by atoms with van der Waals surface area (Å²) in [5.41, 5.74) is 7.27. The molecule has 0 saturated heterocycles. The van der Waals surface area contributed by atoms with Crippen molar-refractivity contribution < 1.29 is 14.2 Å². The van der Waals surface area contributed by atoms with Crippen molar-refractivity contribution in [3.8, 4) is 17.2 Å². The average Bonchev–Trinajstić information content (AvgIpc) is 2.93. The molecule has 0 fully saturated rings. The molecule has 2 aromatic rings. The summed E-state index contributed by atoms with van der Waals surface area (Å²) in [6, 6.07) is 10.8. The summed E-state index contributed by atoms with van der Waals surface area (Å²) in [7, 11) is 0. The summed E-state index contributed by atoms with van der Waals surface area (Å²) < 4.78 is 16.4. The lowest BCUT2D eigenvalue weighted by atomic mass is 10.2. The molecule has 0 unspecified atom stereocenters. The Kier molecular flexibility index (Phi) is 3.86. The average molecular weight is 322 g/mol. The van der Waals surface area contributed by atoms with Gasteiger partial charge < -0.3 is 19.9 Å². The third-order valence-electron chi connectivity index (χ3n) is 3.04. The van der Waals surface area contributed by atoms with Crippen LogP contribution in [0.4, 0.5) is 0 Å². The monoisotopic (exact) mass is 321 g/mol. The van der Waals surface area contributed by atoms with Gasteiger partial charge in [-0.1, -0.05) is 29.9 Å². The zero-order chi connectivity index (χ0) is 14.8. The van der Waals surface area contributed by atoms with Crippen LogP contribution in [0.2, 0.25) is 5.02 Å². The van der Waals surface area contributed by atoms with Crippen LogP contribution in [0.25, 0.3) is 0 Å². The Morgan fingerprint density at radius 3 is 2.81 bits per heavy atom. The first kappa shape index (κ1) is 14.0. The number of benzene rings is 2. The van der Waals surface area contributed by atoms with Crippen LogP contribution >= 0.6 is 23.8 Å². The van der Waals surface area contributed by atoms with Crippen LogP contribution in [0, 0.1) is 0 Å². The minimum Gasteiger partial charge on any atom is -0.488 e. The lowest BCUT2D eigenvalue weighted by Gasteiger charge is -2.11. The quantitative estimate of drug-likeness (QED) is 0.876. The van der Waals surface area contributed by atoms with E-state index >= 15 is 0 Å². The van der Waals surface area contributed by atoms with Crippen LogP contribution in [0.5, 0.6) is 17.2 Å². The molecule has 2 aromatic carbocycles. The Morgan fingerprint density at radius 2 is 2.00 bits per heavy atom. The second-order valence-electron chi connectivity index (χ2n) is 4.48. The van der Waals surface area contributed by atoms with E-state index in [9.17, 15) is 0 Å². The highest BCUT2D eigenvalue weighted by Crippen LogP contribution is 2.33. The van der Waals surface area contributed by atoms with Gasteiger partial charge in [-0.15, -0.1) is 0 Å². The van der Waals surface area contributed by atoms with Gasteiger partial charge in [-0.3, -0.25) is 0 Å². The number of hydrogen-bond donors (Lipinski definition) is 1. The van der Waals surface area contributed by atoms with Gasteiger partial charge in [0.05, 0.1) is 5.56 Å². The summed E-state index contributed by atoms with van der Waals surface area (Å²) in [5, 5.41) is 0.563. The normalized spacial score (nSPS) is 12.2. The molecule has 0 spiro atoms. The molecule has 4 nitrogen and oxygen atoms in total. The molecule has 6 heteroatoms. The van der Waals surface area contributed by atoms with Crippen molar-refractivity contribution in [3.63, 3.8) is 0 Å². The van der Waals surface area contributed by atoms with Gasteiger partial charge in [0, 0.05) is 5.02 Å². The molecule has 1 aliphatic heterocycles. The van der Waals surface area contributed by atoms with Crippen LogP contribution in [-0.4, -0.2) is 11.8 Å². The first-order valence-electron chi connectivity index (χ1n) is 6.24. The lowest BCUT2D eigenvalue weighted by molar-refractivity contribution is 0.174. The highest BCUT2D eigenvalue weighted by Gasteiger charge is 2.14. The van der Waals surface area contributed by atoms with Crippen molar-refractivity contribution in [1.82, 2.24) is 0 Å². The number of hydrogen-bond acceptors (Lipinski definition) is 4. The largest absolute Gasteiger partial charge is 0.488 e. The first-order valence-corrected chi connectivity index (χ1v) is 7.03. The van der Waals surface area contributed by atoms with Gasteiger partial charge in [-0.25, -0.2) is 0 Å². The number of rotatable bonds is 4. The molecule has 0 amide bonds. The van der Waals surface area contributed by atoms with Crippen LogP contribution in [-0.2, 0) is 6.61 Å². The molecule has 0 atom stereocenters. The molecule has 0 aliphatic carbocycles. The van der Waals surface area contributed by atoms with Crippen LogP contribution in [0.15, 0.2) is 36.4 Å². The van der Waals surface area contributed by atoms with Crippen LogP contribution in [0.1, 0.15) is 11.1 Å². The van der Waals surface area contributed by atoms with E-state index < -0.39 is 0 Å². The molecule has 1 aliphatic rings. The van der Waals surface area contributed by atoms with Gasteiger partial charge in [0.1, 0.15) is 17.3 Å². The fraction of sp³-hybridized carbons (Fsp3) is 0.133. The smallest absolute Gasteiger partial charge is 0.231 e. The summed E-state index contributed by atoms with van der Waals surface area (Å²) >= 11 is 10.9. The second-order valence-corrected chi connectivity index (χ2v) is 5.36. The predicted molar refractivity (Wildman–Crippen MR) is 84.2 cm³/mol. The van der Waals surface area contributed by atoms with Gasteiger partial charge in [-0.2, -0.15) is 0 Å². The van der Waals surface area contributed by atoms with Crippen molar-refractivity contribution in [2.75, 3.05) is 6.79 Å². The van der Waals surface area contributed by atoms with Crippen molar-refractivity contribution in [2.24, 2.45) is 5.73 Å². The van der Waals surface area contributed by atoms with E-state index in [1.807, 2.05) is 18.2 Å². The number of fused-ring (bicyclic) bond motifs is 1. The topological polar surface area (TPSA) is 53.7 Å². The minimum atomic E-state index is 0.248. The van der Waals surface area contributed by atoms with Gasteiger partial charge in [-0.05, 0) is 35.9 Å². The first-order chi connectivity index (χ1) is 10.1. The predicted octanol–water partition coefficient (Wildman–Crippen LogP) is 3.28. The van der Waals surface area contributed by atoms with E-state index in [4.69, 9.17) is 43.8 Å². The van der Waals surface area contributed by atoms with Crippen molar-refractivity contribution in [1.29, 1.82) is 0 Å². The maximum atomic E-state index is 5.94. The summed E-state index contributed by atoms with van der Waals surface area (Å²) in [4.78, 5) is 0.248. The molecule has 0 bridgehead atoms. The Hall–Kier alpha value is -1.98. The highest BCUT2D eigenvalue weighted by atomic mass is 35.5. The van der Waals surface area contributed by atoms with E-state index in [1.54, 1.807) is 18.2 Å². The summed E-state index contributed by atoms with van der Waals surface area (Å²) in [5.74, 6) is 2.07. The fourth-order valence-corrected chi connectivity index (χ4v) is 2.34. The molecular weight excluding hydrogens is 310 g/mol. The zero-order valence-electron chi connectivity index (χ0n) is 11.0. The highest BCUT2D eigenvalue weighted by molar-refractivity contribution is 7.80. The third kappa shape index (κ3) is 3.04. The van der Waals surface area contributed by atoms with E-state index in [2.05, 4.69) is 0 Å². The Balaban J connectivity index is 1.77. The van der Waals surface area contributed by atoms with E-state index in [0.717, 1.165) is 17.1 Å². The number of thiocarbonyl (C=S) groups is 1. The maximum Gasteiger partial charge on any atom is 0.231 e. The third-order valence-corrected chi connectivity index (χ3v) is 3.49. The van der Waals surface area contributed by atoms with Gasteiger partial charge >= 0.3 is 0 Å². The van der Waals surface area contributed by atoms with Gasteiger partial charge in [0.25, 0.3) is 0 Å². The molecule has 21 heavy (non-hydrogen) atoms. The standard InChI is InChI=1S/C15H12ClNO3S/c16-10-2-4-12(11(6-10)15(17)21)18-7-9-1-3-13-14(5-9)20-8-19-13/h1-6H,7-8H2,(H2,17,21). The fourth-order valence-electron chi connectivity index (χ4n) is 2.01. The van der Waals surface area contributed by atoms with Crippen molar-refractivity contribution >= 4 is 28.8 Å². The number of nitrogens with two attached hydrogens (primary N) is 1. The Bertz CT molecular complexity index is 705. The minimum absolute atomic E-state index is 0.248. The van der Waals surface area contributed by atoms with E-state index in [0.29, 0.717) is 22.9 Å². The molecule has 0 saturated carbocycles. The SMILES string of the molecule is NC(=S)c1cc(Cl)ccc1OCc1ccc2c(c1)OCO2. The van der Waals surface area contributed by atoms with Crippen molar-refractivity contribution in [3.05, 3.63) is 52.5 Å². The molecule has 2 N–H and O–H groups in total. The summed E-state index contributed by atoms with van der Waals surface area (Å²) in [6.07, 6.45) is 0. The van der Waals surface area contributed by atoms with Crippen LogP contribution in [0.3, 0.4) is 0 Å². The molecule has 0 radical (unpaired) electrons. The Morgan fingerprint density at radius 1 is 1.19 bits per heavy atom. The molecule has 0 aromatic heterocycles. The summed E-state index contributed by atoms with van der Waals surface area (Å²) in [6.45, 7) is 0.621. The van der Waals surface area contributed by atoms with Crippen molar-refractivity contribution in [2.45, 2.75) is 6.61 Å². The maximum absolute atomic E-state index is 5.94. The zero-order valence-corrected chi connectivity index (χ0v) is 12.5. The molecule has 1 heterocycles. The Labute approximate surface area is 132 Å². The van der Waals surface area contributed by atoms with E-state index in [1.165, 1.54) is 0 Å². The number of ether oxygens (including phenoxy) is 3. The van der Waals surface area contributed by atoms with Gasteiger partial charge in [0.15, 0.2) is 11.5 Å². The molecular formula is C15H12ClNO3S. The van der Waals surface area contributed by atoms with Crippen LogP contribution < -0.4 is 19.9 Å². The molecule has 108 valence electrons.